The highest BCUT2D eigenvalue weighted by Crippen LogP contribution is 2.27. The van der Waals surface area contributed by atoms with E-state index in [0.717, 1.165) is 22.5 Å². The van der Waals surface area contributed by atoms with E-state index < -0.39 is 26.6 Å². The summed E-state index contributed by atoms with van der Waals surface area (Å²) in [6, 6.07) is 4.20. The van der Waals surface area contributed by atoms with Crippen molar-refractivity contribution in [2.75, 3.05) is 10.8 Å². The quantitative estimate of drug-likeness (QED) is 0.826. The highest BCUT2D eigenvalue weighted by molar-refractivity contribution is 7.92. The number of halogens is 2. The molecular formula is C13H11F2N3O3S. The second-order valence-electron chi connectivity index (χ2n) is 4.82. The predicted molar refractivity (Wildman–Crippen MR) is 74.1 cm³/mol. The smallest absolute Gasteiger partial charge is 0.269 e. The van der Waals surface area contributed by atoms with Crippen LogP contribution in [0, 0.1) is 18.6 Å². The standard InChI is InChI=1S/C13H11F2N3O3S/c1-8-7-11(19)17-5-6-18(13(17)16-8)22(20,21)10-4-2-3-9(14)12(10)15/h2-4,7H,5-6H2,1H3. The second-order valence-corrected chi connectivity index (χ2v) is 6.65. The van der Waals surface area contributed by atoms with Crippen LogP contribution in [0.5, 0.6) is 0 Å². The molecule has 0 amide bonds. The van der Waals surface area contributed by atoms with Crippen molar-refractivity contribution in [2.24, 2.45) is 0 Å². The van der Waals surface area contributed by atoms with Crippen LogP contribution >= 0.6 is 0 Å². The first-order chi connectivity index (χ1) is 10.3. The number of aromatic nitrogens is 2. The maximum absolute atomic E-state index is 13.8. The Bertz CT molecular complexity index is 925. The molecular weight excluding hydrogens is 316 g/mol. The van der Waals surface area contributed by atoms with Crippen LogP contribution in [0.25, 0.3) is 0 Å². The molecule has 0 fully saturated rings. The van der Waals surface area contributed by atoms with E-state index >= 15 is 0 Å². The molecule has 22 heavy (non-hydrogen) atoms. The monoisotopic (exact) mass is 327 g/mol. The van der Waals surface area contributed by atoms with Crippen LogP contribution in [0.3, 0.4) is 0 Å². The maximum Gasteiger partial charge on any atom is 0.269 e. The molecule has 0 saturated carbocycles. The third-order valence-electron chi connectivity index (χ3n) is 3.35. The fourth-order valence-corrected chi connectivity index (χ4v) is 3.81. The van der Waals surface area contributed by atoms with Crippen molar-refractivity contribution in [3.63, 3.8) is 0 Å². The van der Waals surface area contributed by atoms with E-state index in [1.54, 1.807) is 6.92 Å². The average molecular weight is 327 g/mol. The number of benzene rings is 1. The number of nitrogens with zero attached hydrogens (tertiary/aromatic N) is 3. The van der Waals surface area contributed by atoms with E-state index in [1.165, 1.54) is 10.6 Å². The van der Waals surface area contributed by atoms with Crippen molar-refractivity contribution in [2.45, 2.75) is 18.4 Å². The lowest BCUT2D eigenvalue weighted by atomic mass is 10.3. The first-order valence-electron chi connectivity index (χ1n) is 6.37. The Labute approximate surface area is 124 Å². The summed E-state index contributed by atoms with van der Waals surface area (Å²) >= 11 is 0. The zero-order valence-electron chi connectivity index (χ0n) is 11.5. The van der Waals surface area contributed by atoms with Crippen LogP contribution in [0.4, 0.5) is 14.7 Å². The maximum atomic E-state index is 13.8. The lowest BCUT2D eigenvalue weighted by molar-refractivity contribution is 0.484. The van der Waals surface area contributed by atoms with E-state index in [9.17, 15) is 22.0 Å². The Hall–Kier alpha value is -2.29. The molecule has 1 aliphatic heterocycles. The van der Waals surface area contributed by atoms with E-state index in [0.29, 0.717) is 5.69 Å². The Morgan fingerprint density at radius 2 is 1.95 bits per heavy atom. The summed E-state index contributed by atoms with van der Waals surface area (Å²) in [5.74, 6) is -2.79. The number of hydrogen-bond donors (Lipinski definition) is 0. The number of sulfonamides is 1. The normalized spacial score (nSPS) is 14.2. The van der Waals surface area contributed by atoms with Crippen LogP contribution in [-0.2, 0) is 16.6 Å². The predicted octanol–water partition coefficient (Wildman–Crippen LogP) is 1.04. The summed E-state index contributed by atoms with van der Waals surface area (Å²) in [6.45, 7) is 1.59. The summed E-state index contributed by atoms with van der Waals surface area (Å²) in [4.78, 5) is 15.1. The largest absolute Gasteiger partial charge is 0.276 e. The van der Waals surface area contributed by atoms with Gasteiger partial charge in [-0.15, -0.1) is 0 Å². The molecule has 2 aromatic rings. The van der Waals surface area contributed by atoms with Crippen LogP contribution in [0.2, 0.25) is 0 Å². The first kappa shape index (κ1) is 14.6. The molecule has 2 heterocycles. The summed E-state index contributed by atoms with van der Waals surface area (Å²) in [5, 5.41) is 0. The van der Waals surface area contributed by atoms with Crippen molar-refractivity contribution < 1.29 is 17.2 Å². The van der Waals surface area contributed by atoms with Gasteiger partial charge in [-0.1, -0.05) is 6.07 Å². The van der Waals surface area contributed by atoms with Gasteiger partial charge in [0.25, 0.3) is 15.6 Å². The highest BCUT2D eigenvalue weighted by atomic mass is 32.2. The van der Waals surface area contributed by atoms with Crippen LogP contribution in [-0.4, -0.2) is 24.5 Å². The van der Waals surface area contributed by atoms with Crippen LogP contribution in [0.1, 0.15) is 5.69 Å². The zero-order chi connectivity index (χ0) is 16.1. The molecule has 0 aliphatic carbocycles. The minimum absolute atomic E-state index is 0.0655. The summed E-state index contributed by atoms with van der Waals surface area (Å²) in [6.07, 6.45) is 0. The lowest BCUT2D eigenvalue weighted by Gasteiger charge is -2.18. The van der Waals surface area contributed by atoms with Gasteiger partial charge in [0.1, 0.15) is 4.90 Å². The molecule has 0 atom stereocenters. The summed E-state index contributed by atoms with van der Waals surface area (Å²) in [5.41, 5.74) is -0.0435. The molecule has 9 heteroatoms. The van der Waals surface area contributed by atoms with Crippen molar-refractivity contribution >= 4 is 16.0 Å². The molecule has 0 spiro atoms. The van der Waals surface area contributed by atoms with Gasteiger partial charge in [0.2, 0.25) is 5.95 Å². The van der Waals surface area contributed by atoms with E-state index in [4.69, 9.17) is 0 Å². The van der Waals surface area contributed by atoms with Gasteiger partial charge >= 0.3 is 0 Å². The van der Waals surface area contributed by atoms with Crippen molar-refractivity contribution in [1.29, 1.82) is 0 Å². The summed E-state index contributed by atoms with van der Waals surface area (Å²) in [7, 11) is -4.34. The molecule has 0 bridgehead atoms. The number of rotatable bonds is 2. The molecule has 1 aliphatic rings. The van der Waals surface area contributed by atoms with Crippen LogP contribution < -0.4 is 9.86 Å². The zero-order valence-corrected chi connectivity index (χ0v) is 12.3. The highest BCUT2D eigenvalue weighted by Gasteiger charge is 2.35. The van der Waals surface area contributed by atoms with Gasteiger partial charge in [0, 0.05) is 18.3 Å². The number of hydrogen-bond acceptors (Lipinski definition) is 4. The summed E-state index contributed by atoms with van der Waals surface area (Å²) < 4.78 is 54.2. The van der Waals surface area contributed by atoms with Gasteiger partial charge in [0.15, 0.2) is 11.6 Å². The Balaban J connectivity index is 2.18. The Kier molecular flexibility index (Phi) is 3.24. The van der Waals surface area contributed by atoms with E-state index in [-0.39, 0.29) is 24.6 Å². The fraction of sp³-hybridized carbons (Fsp3) is 0.231. The third kappa shape index (κ3) is 2.08. The Morgan fingerprint density at radius 1 is 1.23 bits per heavy atom. The SMILES string of the molecule is Cc1cc(=O)n2c(n1)N(S(=O)(=O)c1cccc(F)c1F)CC2. The van der Waals surface area contributed by atoms with Gasteiger partial charge in [0.05, 0.1) is 6.54 Å². The van der Waals surface area contributed by atoms with Crippen molar-refractivity contribution in [3.05, 3.63) is 51.9 Å². The van der Waals surface area contributed by atoms with Gasteiger partial charge in [-0.25, -0.2) is 26.5 Å². The molecule has 3 rings (SSSR count). The van der Waals surface area contributed by atoms with E-state index in [1.807, 2.05) is 0 Å². The molecule has 0 radical (unpaired) electrons. The number of anilines is 1. The van der Waals surface area contributed by atoms with Gasteiger partial charge < -0.3 is 0 Å². The lowest BCUT2D eigenvalue weighted by Crippen LogP contribution is -2.31. The molecule has 116 valence electrons. The molecule has 1 aromatic carbocycles. The first-order valence-corrected chi connectivity index (χ1v) is 7.81. The van der Waals surface area contributed by atoms with E-state index in [2.05, 4.69) is 4.98 Å². The van der Waals surface area contributed by atoms with Crippen molar-refractivity contribution in [1.82, 2.24) is 9.55 Å². The molecule has 0 N–H and O–H groups in total. The molecule has 0 unspecified atom stereocenters. The minimum Gasteiger partial charge on any atom is -0.276 e. The van der Waals surface area contributed by atoms with Crippen LogP contribution in [0.15, 0.2) is 34.0 Å². The minimum atomic E-state index is -4.34. The van der Waals surface area contributed by atoms with Crippen molar-refractivity contribution in [3.8, 4) is 0 Å². The Morgan fingerprint density at radius 3 is 2.68 bits per heavy atom. The average Bonchev–Trinajstić information content (AvgIpc) is 2.86. The second kappa shape index (κ2) is 4.87. The molecule has 0 saturated heterocycles. The fourth-order valence-electron chi connectivity index (χ4n) is 2.33. The van der Waals surface area contributed by atoms with Gasteiger partial charge in [-0.2, -0.15) is 0 Å². The third-order valence-corrected chi connectivity index (χ3v) is 5.15. The topological polar surface area (TPSA) is 72.3 Å². The molecule has 6 nitrogen and oxygen atoms in total. The van der Waals surface area contributed by atoms with Gasteiger partial charge in [-0.3, -0.25) is 9.36 Å². The number of aryl methyl sites for hydroxylation is 1. The molecule has 1 aromatic heterocycles. The number of fused-ring (bicyclic) bond motifs is 1. The van der Waals surface area contributed by atoms with Gasteiger partial charge in [-0.05, 0) is 19.1 Å².